The van der Waals surface area contributed by atoms with Gasteiger partial charge in [-0.1, -0.05) is 18.2 Å². The van der Waals surface area contributed by atoms with Crippen molar-refractivity contribution in [2.24, 2.45) is 0 Å². The number of nitrogens with zero attached hydrogens (tertiary/aromatic N) is 5. The molecule has 9 heteroatoms. The van der Waals surface area contributed by atoms with Crippen LogP contribution in [0.15, 0.2) is 59.0 Å². The molecule has 2 N–H and O–H groups in total. The Morgan fingerprint density at radius 1 is 1.13 bits per heavy atom. The van der Waals surface area contributed by atoms with E-state index in [9.17, 15) is 9.65 Å². The molecule has 0 aliphatic carbocycles. The lowest BCUT2D eigenvalue weighted by atomic mass is 10.1. The quantitative estimate of drug-likeness (QED) is 0.485. The average Bonchev–Trinajstić information content (AvgIpc) is 3.47. The molecule has 0 atom stereocenters. The Kier molecular flexibility index (Phi) is 6.37. The molecule has 0 unspecified atom stereocenters. The molecule has 1 aliphatic heterocycles. The van der Waals surface area contributed by atoms with Crippen LogP contribution in [0.2, 0.25) is 0 Å². The Labute approximate surface area is 177 Å². The Morgan fingerprint density at radius 2 is 2.00 bits per heavy atom. The van der Waals surface area contributed by atoms with E-state index >= 15 is 0 Å². The molecule has 1 saturated heterocycles. The average molecular weight is 422 g/mol. The molecular formula is C21H20FN7S. The van der Waals surface area contributed by atoms with Gasteiger partial charge >= 0.3 is 0 Å². The smallest absolute Gasteiger partial charge is 0.226 e. The van der Waals surface area contributed by atoms with Crippen molar-refractivity contribution in [1.29, 1.82) is 5.26 Å². The van der Waals surface area contributed by atoms with Gasteiger partial charge in [-0.25, -0.2) is 9.50 Å². The summed E-state index contributed by atoms with van der Waals surface area (Å²) in [6, 6.07) is 7.33. The first-order chi connectivity index (χ1) is 14.8. The van der Waals surface area contributed by atoms with Gasteiger partial charge in [0.05, 0.1) is 28.4 Å². The van der Waals surface area contributed by atoms with E-state index in [4.69, 9.17) is 0 Å². The van der Waals surface area contributed by atoms with Crippen LogP contribution in [0.3, 0.4) is 0 Å². The molecule has 0 radical (unpaired) electrons. The number of aromatic amines is 1. The van der Waals surface area contributed by atoms with E-state index in [0.29, 0.717) is 16.0 Å². The summed E-state index contributed by atoms with van der Waals surface area (Å²) in [6.07, 6.45) is 12.4. The minimum absolute atomic E-state index is 0.383. The van der Waals surface area contributed by atoms with Crippen LogP contribution < -0.4 is 5.32 Å². The van der Waals surface area contributed by atoms with Gasteiger partial charge in [0.2, 0.25) is 5.95 Å². The molecule has 0 amide bonds. The molecule has 0 saturated carbocycles. The highest BCUT2D eigenvalue weighted by molar-refractivity contribution is 7.99. The fraction of sp³-hybridized carbons (Fsp3) is 0.238. The van der Waals surface area contributed by atoms with Gasteiger partial charge in [-0.2, -0.15) is 19.8 Å². The van der Waals surface area contributed by atoms with Gasteiger partial charge in [0, 0.05) is 34.6 Å². The van der Waals surface area contributed by atoms with Gasteiger partial charge in [-0.05, 0) is 44.1 Å². The minimum atomic E-state index is -0.549. The van der Waals surface area contributed by atoms with E-state index in [1.807, 2.05) is 12.3 Å². The molecule has 152 valence electrons. The molecule has 0 aromatic carbocycles. The molecule has 30 heavy (non-hydrogen) atoms. The summed E-state index contributed by atoms with van der Waals surface area (Å²) in [4.78, 5) is 4.77. The lowest BCUT2D eigenvalue weighted by molar-refractivity contribution is 0.520. The predicted molar refractivity (Wildman–Crippen MR) is 113 cm³/mol. The van der Waals surface area contributed by atoms with E-state index in [-0.39, 0.29) is 0 Å². The Morgan fingerprint density at radius 3 is 2.63 bits per heavy atom. The number of piperidine rings is 1. The summed E-state index contributed by atoms with van der Waals surface area (Å²) in [7, 11) is 0. The summed E-state index contributed by atoms with van der Waals surface area (Å²) in [6.45, 7) is 2.50. The molecule has 7 nitrogen and oxygen atoms in total. The van der Waals surface area contributed by atoms with Crippen molar-refractivity contribution in [3.8, 4) is 17.2 Å². The van der Waals surface area contributed by atoms with Crippen LogP contribution in [0, 0.1) is 17.3 Å². The summed E-state index contributed by atoms with van der Waals surface area (Å²) in [5.74, 6) is -0.549. The van der Waals surface area contributed by atoms with Crippen LogP contribution in [0.1, 0.15) is 24.8 Å². The zero-order valence-corrected chi connectivity index (χ0v) is 17.0. The highest BCUT2D eigenvalue weighted by Crippen LogP contribution is 2.36. The van der Waals surface area contributed by atoms with Crippen LogP contribution in [0.5, 0.6) is 0 Å². The third-order valence-corrected chi connectivity index (χ3v) is 5.74. The first-order valence-corrected chi connectivity index (χ1v) is 10.5. The van der Waals surface area contributed by atoms with Crippen molar-refractivity contribution >= 4 is 17.3 Å². The number of nitrogens with one attached hydrogen (secondary N) is 2. The SMILES string of the molecule is C1CCNCC1.N#Cc1cnn2cc(-c3cn[nH]c3)cc(Sc3cccnc3F)c12. The molecule has 0 bridgehead atoms. The second kappa shape index (κ2) is 9.52. The van der Waals surface area contributed by atoms with Crippen molar-refractivity contribution in [3.05, 3.63) is 60.7 Å². The summed E-state index contributed by atoms with van der Waals surface area (Å²) >= 11 is 1.21. The first kappa shape index (κ1) is 20.1. The minimum Gasteiger partial charge on any atom is -0.317 e. The van der Waals surface area contributed by atoms with E-state index in [2.05, 4.69) is 31.7 Å². The van der Waals surface area contributed by atoms with Crippen LogP contribution in [-0.2, 0) is 0 Å². The standard InChI is InChI=1S/C16H9FN6S.C5H11N/c17-16-13(2-1-3-19-16)24-14-4-10(12-6-20-21-7-12)9-23-15(14)11(5-18)8-22-23;1-2-4-6-5-3-1/h1-4,6-9H,(H,20,21);6H,1-5H2. The van der Waals surface area contributed by atoms with E-state index in [0.717, 1.165) is 16.0 Å². The zero-order chi connectivity index (χ0) is 20.8. The van der Waals surface area contributed by atoms with Gasteiger partial charge < -0.3 is 5.32 Å². The molecule has 0 spiro atoms. The maximum Gasteiger partial charge on any atom is 0.226 e. The number of pyridine rings is 2. The second-order valence-corrected chi connectivity index (χ2v) is 7.83. The Bertz CT molecular complexity index is 1150. The first-order valence-electron chi connectivity index (χ1n) is 9.66. The van der Waals surface area contributed by atoms with E-state index in [1.54, 1.807) is 29.0 Å². The van der Waals surface area contributed by atoms with Crippen LogP contribution >= 0.6 is 11.8 Å². The highest BCUT2D eigenvalue weighted by Gasteiger charge is 2.15. The lowest BCUT2D eigenvalue weighted by Gasteiger charge is -2.08. The summed E-state index contributed by atoms with van der Waals surface area (Å²) in [5.41, 5.74) is 2.80. The lowest BCUT2D eigenvalue weighted by Crippen LogP contribution is -2.21. The largest absolute Gasteiger partial charge is 0.317 e. The van der Waals surface area contributed by atoms with Gasteiger partial charge in [0.1, 0.15) is 6.07 Å². The highest BCUT2D eigenvalue weighted by atomic mass is 32.2. The van der Waals surface area contributed by atoms with Crippen molar-refractivity contribution < 1.29 is 4.39 Å². The molecular weight excluding hydrogens is 401 g/mol. The number of aromatic nitrogens is 5. The van der Waals surface area contributed by atoms with Crippen molar-refractivity contribution in [2.75, 3.05) is 13.1 Å². The number of halogens is 1. The number of hydrogen-bond acceptors (Lipinski definition) is 6. The number of nitriles is 1. The molecule has 5 heterocycles. The Balaban J connectivity index is 0.000000313. The summed E-state index contributed by atoms with van der Waals surface area (Å²) in [5, 5.41) is 23.5. The molecule has 1 aliphatic rings. The fourth-order valence-electron chi connectivity index (χ4n) is 3.18. The third-order valence-electron chi connectivity index (χ3n) is 4.68. The Hall–Kier alpha value is -3.22. The number of fused-ring (bicyclic) bond motifs is 1. The topological polar surface area (TPSA) is 94.7 Å². The summed E-state index contributed by atoms with van der Waals surface area (Å²) < 4.78 is 15.5. The second-order valence-electron chi connectivity index (χ2n) is 6.75. The maximum absolute atomic E-state index is 13.9. The van der Waals surface area contributed by atoms with Crippen molar-refractivity contribution in [1.82, 2.24) is 30.1 Å². The van der Waals surface area contributed by atoms with Crippen molar-refractivity contribution in [2.45, 2.75) is 29.1 Å². The number of hydrogen-bond donors (Lipinski definition) is 2. The maximum atomic E-state index is 13.9. The van der Waals surface area contributed by atoms with Crippen molar-refractivity contribution in [3.63, 3.8) is 0 Å². The monoisotopic (exact) mass is 421 g/mol. The third kappa shape index (κ3) is 4.50. The van der Waals surface area contributed by atoms with Crippen LogP contribution in [-0.4, -0.2) is 37.9 Å². The van der Waals surface area contributed by atoms with Gasteiger partial charge in [0.15, 0.2) is 0 Å². The number of H-pyrrole nitrogens is 1. The molecule has 4 aromatic rings. The molecule has 1 fully saturated rings. The number of rotatable bonds is 3. The van der Waals surface area contributed by atoms with Crippen LogP contribution in [0.4, 0.5) is 4.39 Å². The van der Waals surface area contributed by atoms with Crippen LogP contribution in [0.25, 0.3) is 16.6 Å². The normalized spacial score (nSPS) is 13.5. The van der Waals surface area contributed by atoms with Gasteiger partial charge in [-0.3, -0.25) is 5.10 Å². The predicted octanol–water partition coefficient (Wildman–Crippen LogP) is 4.04. The fourth-order valence-corrected chi connectivity index (χ4v) is 4.18. The van der Waals surface area contributed by atoms with Gasteiger partial charge in [-0.15, -0.1) is 0 Å². The zero-order valence-electron chi connectivity index (χ0n) is 16.2. The van der Waals surface area contributed by atoms with E-state index < -0.39 is 5.95 Å². The van der Waals surface area contributed by atoms with E-state index in [1.165, 1.54) is 56.5 Å². The molecule has 4 aromatic heterocycles. The molecule has 5 rings (SSSR count). The van der Waals surface area contributed by atoms with Gasteiger partial charge in [0.25, 0.3) is 0 Å².